The van der Waals surface area contributed by atoms with E-state index >= 15 is 0 Å². The van der Waals surface area contributed by atoms with Gasteiger partial charge < -0.3 is 9.72 Å². The van der Waals surface area contributed by atoms with Gasteiger partial charge in [-0.15, -0.1) is 0 Å². The molecule has 6 heteroatoms. The predicted octanol–water partition coefficient (Wildman–Crippen LogP) is 4.25. The number of carbonyl (C=O) groups is 1. The first-order chi connectivity index (χ1) is 12.1. The zero-order valence-corrected chi connectivity index (χ0v) is 15.0. The predicted molar refractivity (Wildman–Crippen MR) is 99.2 cm³/mol. The van der Waals surface area contributed by atoms with Crippen LogP contribution in [0.25, 0.3) is 10.9 Å². The molecule has 2 N–H and O–H groups in total. The van der Waals surface area contributed by atoms with Gasteiger partial charge in [0.05, 0.1) is 23.2 Å². The smallest absolute Gasteiger partial charge is 0.323 e. The van der Waals surface area contributed by atoms with Gasteiger partial charge in [0.25, 0.3) is 0 Å². The zero-order valence-electron chi connectivity index (χ0n) is 13.5. The van der Waals surface area contributed by atoms with Crippen LogP contribution in [0.2, 0.25) is 10.0 Å². The third-order valence-corrected chi connectivity index (χ3v) is 5.52. The van der Waals surface area contributed by atoms with Crippen LogP contribution in [0.1, 0.15) is 22.9 Å². The highest BCUT2D eigenvalue weighted by atomic mass is 35.5. The molecule has 0 bridgehead atoms. The summed E-state index contributed by atoms with van der Waals surface area (Å²) in [5, 5.41) is 5.43. The Balaban J connectivity index is 1.92. The van der Waals surface area contributed by atoms with Crippen LogP contribution in [0, 0.1) is 0 Å². The second-order valence-electron chi connectivity index (χ2n) is 6.09. The monoisotopic (exact) mass is 374 g/mol. The van der Waals surface area contributed by atoms with Gasteiger partial charge >= 0.3 is 5.97 Å². The van der Waals surface area contributed by atoms with Crippen LogP contribution in [-0.2, 0) is 16.0 Å². The molecule has 0 aliphatic carbocycles. The topological polar surface area (TPSA) is 54.1 Å². The highest BCUT2D eigenvalue weighted by Gasteiger charge is 2.35. The number of carbonyl (C=O) groups excluding carboxylic acids is 1. The Morgan fingerprint density at radius 3 is 2.76 bits per heavy atom. The maximum atomic E-state index is 12.2. The van der Waals surface area contributed by atoms with Crippen molar-refractivity contribution in [1.82, 2.24) is 10.3 Å². The average molecular weight is 375 g/mol. The Labute approximate surface area is 155 Å². The van der Waals surface area contributed by atoms with E-state index in [0.717, 1.165) is 27.7 Å². The van der Waals surface area contributed by atoms with Crippen LogP contribution >= 0.6 is 23.2 Å². The van der Waals surface area contributed by atoms with E-state index in [0.29, 0.717) is 16.5 Å². The molecule has 2 atom stereocenters. The fraction of sp³-hybridized carbons (Fsp3) is 0.211. The van der Waals surface area contributed by atoms with E-state index < -0.39 is 6.04 Å². The summed E-state index contributed by atoms with van der Waals surface area (Å²) in [6, 6.07) is 12.9. The molecule has 3 aromatic rings. The molecule has 4 nitrogen and oxygen atoms in total. The number of aromatic amines is 1. The van der Waals surface area contributed by atoms with Crippen LogP contribution in [0.3, 0.4) is 0 Å². The van der Waals surface area contributed by atoms with Crippen LogP contribution in [0.5, 0.6) is 0 Å². The molecular formula is C19H16Cl2N2O2. The molecule has 1 aliphatic rings. The summed E-state index contributed by atoms with van der Waals surface area (Å²) < 4.78 is 4.96. The Hall–Kier alpha value is -2.01. The minimum Gasteiger partial charge on any atom is -0.468 e. The number of benzene rings is 2. The number of fused-ring (bicyclic) bond motifs is 3. The van der Waals surface area contributed by atoms with E-state index in [1.807, 2.05) is 30.3 Å². The normalized spacial score (nSPS) is 19.6. The van der Waals surface area contributed by atoms with E-state index in [1.165, 1.54) is 7.11 Å². The first-order valence-corrected chi connectivity index (χ1v) is 8.73. The van der Waals surface area contributed by atoms with E-state index in [4.69, 9.17) is 27.9 Å². The molecule has 25 heavy (non-hydrogen) atoms. The standard InChI is InChI=1S/C19H16Cl2N2O2/c1-25-19(24)15-9-12-10-5-2-3-8-14(10)22-18(12)17(23-15)11-6-4-7-13(20)16(11)21/h2-8,15,17,22-23H,9H2,1H3/t15-,17-/m0/s1. The Bertz CT molecular complexity index is 967. The Morgan fingerprint density at radius 1 is 1.16 bits per heavy atom. The lowest BCUT2D eigenvalue weighted by Gasteiger charge is -2.30. The van der Waals surface area contributed by atoms with Crippen molar-refractivity contribution in [3.05, 3.63) is 69.3 Å². The van der Waals surface area contributed by atoms with Crippen molar-refractivity contribution in [1.29, 1.82) is 0 Å². The second-order valence-corrected chi connectivity index (χ2v) is 6.87. The molecule has 0 radical (unpaired) electrons. The molecule has 4 rings (SSSR count). The van der Waals surface area contributed by atoms with Crippen LogP contribution < -0.4 is 5.32 Å². The molecule has 2 heterocycles. The lowest BCUT2D eigenvalue weighted by molar-refractivity contribution is -0.143. The van der Waals surface area contributed by atoms with Crippen molar-refractivity contribution < 1.29 is 9.53 Å². The molecule has 2 aromatic carbocycles. The van der Waals surface area contributed by atoms with E-state index in [-0.39, 0.29) is 12.0 Å². The summed E-state index contributed by atoms with van der Waals surface area (Å²) in [4.78, 5) is 15.7. The lowest BCUT2D eigenvalue weighted by Crippen LogP contribution is -2.45. The number of aromatic nitrogens is 1. The fourth-order valence-corrected chi connectivity index (χ4v) is 3.93. The van der Waals surface area contributed by atoms with Crippen molar-refractivity contribution >= 4 is 40.1 Å². The van der Waals surface area contributed by atoms with Gasteiger partial charge in [-0.2, -0.15) is 0 Å². The molecule has 0 saturated heterocycles. The molecule has 0 unspecified atom stereocenters. The van der Waals surface area contributed by atoms with Gasteiger partial charge in [0.1, 0.15) is 6.04 Å². The maximum absolute atomic E-state index is 12.2. The molecular weight excluding hydrogens is 359 g/mol. The summed E-state index contributed by atoms with van der Waals surface area (Å²) in [7, 11) is 1.40. The number of hydrogen-bond donors (Lipinski definition) is 2. The van der Waals surface area contributed by atoms with E-state index in [2.05, 4.69) is 16.4 Å². The fourth-order valence-electron chi connectivity index (χ4n) is 3.52. The number of halogens is 2. The van der Waals surface area contributed by atoms with E-state index in [9.17, 15) is 4.79 Å². The number of esters is 1. The largest absolute Gasteiger partial charge is 0.468 e. The van der Waals surface area contributed by atoms with Crippen molar-refractivity contribution in [2.75, 3.05) is 7.11 Å². The van der Waals surface area contributed by atoms with Gasteiger partial charge in [-0.05, 0) is 23.3 Å². The van der Waals surface area contributed by atoms with Gasteiger partial charge in [-0.3, -0.25) is 10.1 Å². The third-order valence-electron chi connectivity index (χ3n) is 4.69. The second kappa shape index (κ2) is 6.37. The summed E-state index contributed by atoms with van der Waals surface area (Å²) in [6.07, 6.45) is 0.556. The van der Waals surface area contributed by atoms with Crippen molar-refractivity contribution in [2.45, 2.75) is 18.5 Å². The molecule has 0 fully saturated rings. The Morgan fingerprint density at radius 2 is 1.96 bits per heavy atom. The third kappa shape index (κ3) is 2.71. The van der Waals surface area contributed by atoms with Gasteiger partial charge in [0.2, 0.25) is 0 Å². The van der Waals surface area contributed by atoms with Gasteiger partial charge in [-0.1, -0.05) is 53.5 Å². The summed E-state index contributed by atoms with van der Waals surface area (Å²) >= 11 is 12.7. The summed E-state index contributed by atoms with van der Waals surface area (Å²) in [5.74, 6) is -0.293. The molecule has 1 aromatic heterocycles. The quantitative estimate of drug-likeness (QED) is 0.659. The molecule has 1 aliphatic heterocycles. The number of H-pyrrole nitrogens is 1. The number of nitrogens with one attached hydrogen (secondary N) is 2. The van der Waals surface area contributed by atoms with Crippen molar-refractivity contribution in [2.24, 2.45) is 0 Å². The van der Waals surface area contributed by atoms with Gasteiger partial charge in [0.15, 0.2) is 0 Å². The van der Waals surface area contributed by atoms with Crippen LogP contribution in [-0.4, -0.2) is 24.1 Å². The number of rotatable bonds is 2. The number of ether oxygens (including phenoxy) is 1. The van der Waals surface area contributed by atoms with Crippen molar-refractivity contribution in [3.8, 4) is 0 Å². The van der Waals surface area contributed by atoms with Gasteiger partial charge in [-0.25, -0.2) is 0 Å². The summed E-state index contributed by atoms with van der Waals surface area (Å²) in [6.45, 7) is 0. The number of hydrogen-bond acceptors (Lipinski definition) is 3. The minimum absolute atomic E-state index is 0.272. The van der Waals surface area contributed by atoms with E-state index in [1.54, 1.807) is 6.07 Å². The highest BCUT2D eigenvalue weighted by molar-refractivity contribution is 6.42. The van der Waals surface area contributed by atoms with Crippen LogP contribution in [0.15, 0.2) is 42.5 Å². The van der Waals surface area contributed by atoms with Gasteiger partial charge in [0, 0.05) is 23.0 Å². The highest BCUT2D eigenvalue weighted by Crippen LogP contribution is 2.39. The minimum atomic E-state index is -0.447. The Kier molecular flexibility index (Phi) is 4.20. The average Bonchev–Trinajstić information content (AvgIpc) is 3.01. The van der Waals surface area contributed by atoms with Crippen LogP contribution in [0.4, 0.5) is 0 Å². The number of methoxy groups -OCH3 is 1. The molecule has 0 saturated carbocycles. The first kappa shape index (κ1) is 16.5. The summed E-state index contributed by atoms with van der Waals surface area (Å²) in [5.41, 5.74) is 3.97. The SMILES string of the molecule is COC(=O)[C@@H]1Cc2c([nH]c3ccccc23)[C@H](c2cccc(Cl)c2Cl)N1. The maximum Gasteiger partial charge on any atom is 0.323 e. The molecule has 0 amide bonds. The first-order valence-electron chi connectivity index (χ1n) is 7.97. The lowest BCUT2D eigenvalue weighted by atomic mass is 9.90. The van der Waals surface area contributed by atoms with Crippen molar-refractivity contribution in [3.63, 3.8) is 0 Å². The zero-order chi connectivity index (χ0) is 17.6. The molecule has 0 spiro atoms. The molecule has 128 valence electrons. The number of para-hydroxylation sites is 1.